The topological polar surface area (TPSA) is 78.3 Å². The van der Waals surface area contributed by atoms with Gasteiger partial charge in [-0.05, 0) is 19.1 Å². The van der Waals surface area contributed by atoms with Gasteiger partial charge in [0.2, 0.25) is 0 Å². The lowest BCUT2D eigenvalue weighted by Crippen LogP contribution is -2.15. The number of carbonyl (C=O) groups is 1. The zero-order valence-electron chi connectivity index (χ0n) is 14.8. The van der Waals surface area contributed by atoms with Crippen LogP contribution in [-0.2, 0) is 0 Å². The maximum absolute atomic E-state index is 13.7. The molecule has 3 rings (SSSR count). The van der Waals surface area contributed by atoms with Gasteiger partial charge in [-0.2, -0.15) is 0 Å². The van der Waals surface area contributed by atoms with Crippen LogP contribution >= 0.6 is 0 Å². The van der Waals surface area contributed by atoms with E-state index in [2.05, 4.69) is 15.6 Å². The average molecular weight is 374 g/mol. The van der Waals surface area contributed by atoms with E-state index in [1.807, 2.05) is 0 Å². The molecule has 0 saturated heterocycles. The van der Waals surface area contributed by atoms with Crippen molar-refractivity contribution >= 4 is 11.6 Å². The molecule has 0 fully saturated rings. The van der Waals surface area contributed by atoms with E-state index in [-0.39, 0.29) is 11.4 Å². The van der Waals surface area contributed by atoms with Crippen molar-refractivity contribution in [2.45, 2.75) is 6.92 Å². The number of anilines is 1. The van der Waals surface area contributed by atoms with Crippen LogP contribution in [-0.4, -0.2) is 35.1 Å². The molecule has 0 atom stereocenters. The van der Waals surface area contributed by atoms with Gasteiger partial charge in [-0.3, -0.25) is 4.79 Å². The van der Waals surface area contributed by atoms with Gasteiger partial charge in [0.1, 0.15) is 23.1 Å². The Morgan fingerprint density at radius 1 is 1.07 bits per heavy atom. The largest absolute Gasteiger partial charge is 0.497 e. The summed E-state index contributed by atoms with van der Waals surface area (Å²) in [7, 11) is 3.03. The number of benzene rings is 2. The van der Waals surface area contributed by atoms with Crippen molar-refractivity contribution in [2.24, 2.45) is 0 Å². The summed E-state index contributed by atoms with van der Waals surface area (Å²) in [6.45, 7) is 1.64. The third kappa shape index (κ3) is 3.71. The van der Waals surface area contributed by atoms with Gasteiger partial charge in [0.25, 0.3) is 5.91 Å². The average Bonchev–Trinajstić information content (AvgIpc) is 3.05. The summed E-state index contributed by atoms with van der Waals surface area (Å²) in [5, 5.41) is 10.2. The molecule has 0 unspecified atom stereocenters. The van der Waals surface area contributed by atoms with E-state index >= 15 is 0 Å². The third-order valence-corrected chi connectivity index (χ3v) is 3.87. The second kappa shape index (κ2) is 7.40. The molecule has 1 heterocycles. The number of rotatable bonds is 5. The minimum absolute atomic E-state index is 0.000474. The zero-order valence-corrected chi connectivity index (χ0v) is 14.8. The van der Waals surface area contributed by atoms with Gasteiger partial charge in [0, 0.05) is 24.3 Å². The molecular weight excluding hydrogens is 358 g/mol. The first-order chi connectivity index (χ1) is 12.9. The van der Waals surface area contributed by atoms with E-state index in [4.69, 9.17) is 9.47 Å². The van der Waals surface area contributed by atoms with Gasteiger partial charge >= 0.3 is 0 Å². The summed E-state index contributed by atoms with van der Waals surface area (Å²) in [4.78, 5) is 12.4. The number of amides is 1. The Balaban J connectivity index is 1.92. The van der Waals surface area contributed by atoms with Crippen molar-refractivity contribution in [1.82, 2.24) is 15.0 Å². The Kier molecular flexibility index (Phi) is 5.02. The fourth-order valence-electron chi connectivity index (χ4n) is 2.47. The van der Waals surface area contributed by atoms with Gasteiger partial charge in [-0.15, -0.1) is 5.10 Å². The van der Waals surface area contributed by atoms with Crippen LogP contribution < -0.4 is 14.8 Å². The maximum Gasteiger partial charge on any atom is 0.278 e. The molecule has 0 aliphatic carbocycles. The van der Waals surface area contributed by atoms with Crippen LogP contribution in [0.4, 0.5) is 14.5 Å². The van der Waals surface area contributed by atoms with Crippen LogP contribution in [0, 0.1) is 18.6 Å². The fraction of sp³-hybridized carbons (Fsp3) is 0.167. The minimum Gasteiger partial charge on any atom is -0.497 e. The van der Waals surface area contributed by atoms with Crippen molar-refractivity contribution in [3.05, 3.63) is 59.4 Å². The lowest BCUT2D eigenvalue weighted by Gasteiger charge is -2.09. The highest BCUT2D eigenvalue weighted by Crippen LogP contribution is 2.26. The molecule has 7 nitrogen and oxygen atoms in total. The van der Waals surface area contributed by atoms with Crippen LogP contribution in [0.3, 0.4) is 0 Å². The molecule has 0 aliphatic heterocycles. The number of nitrogens with zero attached hydrogens (tertiary/aromatic N) is 3. The number of hydrogen-bond acceptors (Lipinski definition) is 5. The molecule has 0 saturated carbocycles. The predicted molar refractivity (Wildman–Crippen MR) is 93.5 cm³/mol. The molecule has 2 aromatic carbocycles. The van der Waals surface area contributed by atoms with Gasteiger partial charge in [-0.25, -0.2) is 13.5 Å². The number of nitrogens with one attached hydrogen (secondary N) is 1. The molecular formula is C18H16F2N4O3. The highest BCUT2D eigenvalue weighted by atomic mass is 19.1. The second-order valence-corrected chi connectivity index (χ2v) is 5.58. The molecule has 9 heteroatoms. The smallest absolute Gasteiger partial charge is 0.278 e. The fourth-order valence-corrected chi connectivity index (χ4v) is 2.47. The molecule has 3 aromatic rings. The second-order valence-electron chi connectivity index (χ2n) is 5.58. The number of ether oxygens (including phenoxy) is 2. The first-order valence-electron chi connectivity index (χ1n) is 7.85. The quantitative estimate of drug-likeness (QED) is 0.742. The van der Waals surface area contributed by atoms with E-state index < -0.39 is 17.5 Å². The molecule has 0 bridgehead atoms. The van der Waals surface area contributed by atoms with Gasteiger partial charge in [-0.1, -0.05) is 5.21 Å². The van der Waals surface area contributed by atoms with Crippen molar-refractivity contribution in [3.8, 4) is 17.2 Å². The lowest BCUT2D eigenvalue weighted by atomic mass is 10.2. The maximum atomic E-state index is 13.7. The molecule has 0 spiro atoms. The minimum atomic E-state index is -0.883. The van der Waals surface area contributed by atoms with Crippen LogP contribution in [0.5, 0.6) is 11.5 Å². The Morgan fingerprint density at radius 3 is 2.33 bits per heavy atom. The summed E-state index contributed by atoms with van der Waals surface area (Å²) in [5.41, 5.74) is 0.840. The molecule has 140 valence electrons. The lowest BCUT2D eigenvalue weighted by molar-refractivity contribution is 0.102. The summed E-state index contributed by atoms with van der Waals surface area (Å²) >= 11 is 0. The Hall–Kier alpha value is -3.49. The Bertz CT molecular complexity index is 982. The first kappa shape index (κ1) is 18.3. The number of methoxy groups -OCH3 is 2. The Morgan fingerprint density at radius 2 is 1.74 bits per heavy atom. The monoisotopic (exact) mass is 374 g/mol. The molecule has 0 radical (unpaired) electrons. The molecule has 27 heavy (non-hydrogen) atoms. The summed E-state index contributed by atoms with van der Waals surface area (Å²) in [6.07, 6.45) is 0. The van der Waals surface area contributed by atoms with Crippen LogP contribution in [0.1, 0.15) is 16.2 Å². The highest BCUT2D eigenvalue weighted by Gasteiger charge is 2.19. The van der Waals surface area contributed by atoms with Gasteiger partial charge < -0.3 is 14.8 Å². The van der Waals surface area contributed by atoms with Crippen molar-refractivity contribution < 1.29 is 23.0 Å². The first-order valence-corrected chi connectivity index (χ1v) is 7.85. The van der Waals surface area contributed by atoms with Gasteiger partial charge in [0.15, 0.2) is 5.69 Å². The molecule has 1 N–H and O–H groups in total. The SMILES string of the molecule is COc1cc(OC)cc(-n2nnc(C(=O)Nc3ccc(F)cc3F)c2C)c1. The normalized spacial score (nSPS) is 10.6. The van der Waals surface area contributed by atoms with E-state index in [1.54, 1.807) is 25.1 Å². The molecule has 0 aliphatic rings. The van der Waals surface area contributed by atoms with Crippen LogP contribution in [0.15, 0.2) is 36.4 Å². The van der Waals surface area contributed by atoms with E-state index in [0.29, 0.717) is 28.9 Å². The van der Waals surface area contributed by atoms with Crippen LogP contribution in [0.2, 0.25) is 0 Å². The van der Waals surface area contributed by atoms with E-state index in [9.17, 15) is 13.6 Å². The van der Waals surface area contributed by atoms with Crippen LogP contribution in [0.25, 0.3) is 5.69 Å². The molecule has 1 aromatic heterocycles. The Labute approximate surface area is 153 Å². The number of aromatic nitrogens is 3. The van der Waals surface area contributed by atoms with Crippen molar-refractivity contribution in [3.63, 3.8) is 0 Å². The summed E-state index contributed by atoms with van der Waals surface area (Å²) in [5.74, 6) is -1.21. The van der Waals surface area contributed by atoms with Gasteiger partial charge in [0.05, 0.1) is 31.3 Å². The highest BCUT2D eigenvalue weighted by molar-refractivity contribution is 6.03. The standard InChI is InChI=1S/C18H16F2N4O3/c1-10-17(18(25)21-16-5-4-11(19)6-15(16)20)22-23-24(10)12-7-13(26-2)9-14(8-12)27-3/h4-9H,1-3H3,(H,21,25). The molecule has 1 amide bonds. The van der Waals surface area contributed by atoms with Crippen molar-refractivity contribution in [2.75, 3.05) is 19.5 Å². The summed E-state index contributed by atoms with van der Waals surface area (Å²) < 4.78 is 38.6. The predicted octanol–water partition coefficient (Wildman–Crippen LogP) is 3.12. The summed E-state index contributed by atoms with van der Waals surface area (Å²) in [6, 6.07) is 7.96. The third-order valence-electron chi connectivity index (χ3n) is 3.87. The number of carbonyl (C=O) groups excluding carboxylic acids is 1. The number of halogens is 2. The zero-order chi connectivity index (χ0) is 19.6. The van der Waals surface area contributed by atoms with E-state index in [0.717, 1.165) is 12.1 Å². The van der Waals surface area contributed by atoms with E-state index in [1.165, 1.54) is 18.9 Å². The number of hydrogen-bond donors (Lipinski definition) is 1. The van der Waals surface area contributed by atoms with Crippen molar-refractivity contribution in [1.29, 1.82) is 0 Å².